The third-order valence-corrected chi connectivity index (χ3v) is 6.58. The van der Waals surface area contributed by atoms with Crippen molar-refractivity contribution in [2.24, 2.45) is 5.92 Å². The predicted molar refractivity (Wildman–Crippen MR) is 112 cm³/mol. The van der Waals surface area contributed by atoms with Gasteiger partial charge in [0.25, 0.3) is 5.91 Å². The van der Waals surface area contributed by atoms with Crippen LogP contribution in [0.3, 0.4) is 0 Å². The Kier molecular flexibility index (Phi) is 5.99. The van der Waals surface area contributed by atoms with Crippen LogP contribution in [0.15, 0.2) is 48.5 Å². The number of fused-ring (bicyclic) bond motifs is 1. The predicted octanol–water partition coefficient (Wildman–Crippen LogP) is 4.41. The molecule has 1 N–H and O–H groups in total. The van der Waals surface area contributed by atoms with Gasteiger partial charge in [0.05, 0.1) is 11.6 Å². The number of carboxylic acids is 1. The number of amides is 1. The number of alkyl halides is 3. The molecule has 0 saturated carbocycles. The maximum atomic E-state index is 13.5. The van der Waals surface area contributed by atoms with Crippen LogP contribution in [0.1, 0.15) is 51.8 Å². The number of hydrogen-bond acceptors (Lipinski definition) is 3. The van der Waals surface area contributed by atoms with Gasteiger partial charge in [0.15, 0.2) is 0 Å². The third-order valence-electron chi connectivity index (χ3n) is 6.58. The molecule has 1 saturated heterocycles. The Hall–Kier alpha value is -2.87. The SMILES string of the molecule is CN1CCC(CN2C(=O)c3ccccc3C(C(=O)O)C2c2ccc(C(F)(F)F)cc2)CC1. The summed E-state index contributed by atoms with van der Waals surface area (Å²) in [5.74, 6) is -2.25. The van der Waals surface area contributed by atoms with E-state index in [0.29, 0.717) is 23.2 Å². The van der Waals surface area contributed by atoms with Crippen molar-refractivity contribution in [1.29, 1.82) is 0 Å². The molecule has 1 amide bonds. The number of nitrogens with zero attached hydrogens (tertiary/aromatic N) is 2. The number of likely N-dealkylation sites (tertiary alicyclic amines) is 1. The molecule has 0 radical (unpaired) electrons. The number of halogens is 3. The fraction of sp³-hybridized carbons (Fsp3) is 0.417. The minimum absolute atomic E-state index is 0.201. The Bertz CT molecular complexity index is 998. The Morgan fingerprint density at radius 1 is 1.06 bits per heavy atom. The van der Waals surface area contributed by atoms with E-state index in [9.17, 15) is 27.9 Å². The number of carbonyl (C=O) groups excluding carboxylic acids is 1. The van der Waals surface area contributed by atoms with Crippen LogP contribution >= 0.6 is 0 Å². The molecular weight excluding hydrogens is 421 g/mol. The summed E-state index contributed by atoms with van der Waals surface area (Å²) in [5.41, 5.74) is 0.323. The molecule has 5 nitrogen and oxygen atoms in total. The molecule has 4 rings (SSSR count). The van der Waals surface area contributed by atoms with Crippen molar-refractivity contribution in [1.82, 2.24) is 9.80 Å². The number of benzene rings is 2. The molecule has 0 aliphatic carbocycles. The number of carboxylic acid groups (broad SMARTS) is 1. The third kappa shape index (κ3) is 4.24. The number of piperidine rings is 1. The minimum Gasteiger partial charge on any atom is -0.481 e. The molecule has 2 unspecified atom stereocenters. The second kappa shape index (κ2) is 8.58. The lowest BCUT2D eigenvalue weighted by atomic mass is 9.79. The van der Waals surface area contributed by atoms with Gasteiger partial charge in [-0.2, -0.15) is 13.2 Å². The molecule has 170 valence electrons. The molecular formula is C24H25F3N2O3. The van der Waals surface area contributed by atoms with Gasteiger partial charge >= 0.3 is 12.1 Å². The summed E-state index contributed by atoms with van der Waals surface area (Å²) in [6.07, 6.45) is -2.74. The molecule has 2 heterocycles. The highest BCUT2D eigenvalue weighted by molar-refractivity contribution is 6.00. The highest BCUT2D eigenvalue weighted by Crippen LogP contribution is 2.44. The molecule has 0 spiro atoms. The Morgan fingerprint density at radius 3 is 2.28 bits per heavy atom. The minimum atomic E-state index is -4.49. The van der Waals surface area contributed by atoms with Crippen molar-refractivity contribution in [2.75, 3.05) is 26.7 Å². The van der Waals surface area contributed by atoms with Crippen LogP contribution in [-0.2, 0) is 11.0 Å². The van der Waals surface area contributed by atoms with Gasteiger partial charge in [-0.25, -0.2) is 0 Å². The van der Waals surface area contributed by atoms with Crippen molar-refractivity contribution in [3.05, 3.63) is 70.8 Å². The Morgan fingerprint density at radius 2 is 1.69 bits per heavy atom. The lowest BCUT2D eigenvalue weighted by Gasteiger charge is -2.43. The molecule has 0 bridgehead atoms. The van der Waals surface area contributed by atoms with E-state index in [-0.39, 0.29) is 11.8 Å². The van der Waals surface area contributed by atoms with Crippen LogP contribution in [0.25, 0.3) is 0 Å². The first kappa shape index (κ1) is 22.3. The van der Waals surface area contributed by atoms with Crippen LogP contribution < -0.4 is 0 Å². The van der Waals surface area contributed by atoms with Crippen molar-refractivity contribution < 1.29 is 27.9 Å². The molecule has 2 aliphatic rings. The summed E-state index contributed by atoms with van der Waals surface area (Å²) in [5, 5.41) is 10.1. The first-order valence-corrected chi connectivity index (χ1v) is 10.6. The van der Waals surface area contributed by atoms with Crippen molar-refractivity contribution in [2.45, 2.75) is 31.0 Å². The van der Waals surface area contributed by atoms with Crippen molar-refractivity contribution >= 4 is 11.9 Å². The molecule has 32 heavy (non-hydrogen) atoms. The highest BCUT2D eigenvalue weighted by Gasteiger charge is 2.45. The zero-order chi connectivity index (χ0) is 23.0. The fourth-order valence-electron chi connectivity index (χ4n) is 4.82. The maximum Gasteiger partial charge on any atom is 0.416 e. The van der Waals surface area contributed by atoms with Crippen molar-refractivity contribution in [3.63, 3.8) is 0 Å². The normalized spacial score (nSPS) is 22.6. The Labute approximate surface area is 184 Å². The Balaban J connectivity index is 1.77. The summed E-state index contributed by atoms with van der Waals surface area (Å²) in [6, 6.07) is 10.2. The van der Waals surface area contributed by atoms with Gasteiger partial charge in [0.2, 0.25) is 0 Å². The van der Waals surface area contributed by atoms with E-state index < -0.39 is 29.7 Å². The zero-order valence-electron chi connectivity index (χ0n) is 17.7. The monoisotopic (exact) mass is 446 g/mol. The lowest BCUT2D eigenvalue weighted by molar-refractivity contribution is -0.141. The van der Waals surface area contributed by atoms with Crippen LogP contribution in [0.5, 0.6) is 0 Å². The summed E-state index contributed by atoms with van der Waals surface area (Å²) in [4.78, 5) is 29.6. The second-order valence-electron chi connectivity index (χ2n) is 8.67. The zero-order valence-corrected chi connectivity index (χ0v) is 17.7. The van der Waals surface area contributed by atoms with E-state index in [1.54, 1.807) is 29.2 Å². The standard InChI is InChI=1S/C24H25F3N2O3/c1-28-12-10-15(11-13-28)14-29-21(16-6-8-17(9-7-16)24(25,26)27)20(23(31)32)18-4-2-3-5-19(18)22(29)30/h2-9,15,20-21H,10-14H2,1H3,(H,31,32). The summed E-state index contributed by atoms with van der Waals surface area (Å²) >= 11 is 0. The smallest absolute Gasteiger partial charge is 0.416 e. The van der Waals surface area contributed by atoms with E-state index in [2.05, 4.69) is 4.90 Å². The topological polar surface area (TPSA) is 60.9 Å². The van der Waals surface area contributed by atoms with Crippen LogP contribution in [0, 0.1) is 5.92 Å². The fourth-order valence-corrected chi connectivity index (χ4v) is 4.82. The van der Waals surface area contributed by atoms with E-state index in [4.69, 9.17) is 0 Å². The number of rotatable bonds is 4. The number of carbonyl (C=O) groups is 2. The number of aliphatic carboxylic acids is 1. The van der Waals surface area contributed by atoms with Crippen LogP contribution in [0.4, 0.5) is 13.2 Å². The molecule has 2 aromatic rings. The van der Waals surface area contributed by atoms with Gasteiger partial charge in [-0.15, -0.1) is 0 Å². The van der Waals surface area contributed by atoms with E-state index in [0.717, 1.165) is 38.1 Å². The van der Waals surface area contributed by atoms with Gasteiger partial charge in [0, 0.05) is 12.1 Å². The molecule has 0 aromatic heterocycles. The van der Waals surface area contributed by atoms with E-state index in [1.165, 1.54) is 12.1 Å². The first-order valence-electron chi connectivity index (χ1n) is 10.6. The molecule has 2 atom stereocenters. The quantitative estimate of drug-likeness (QED) is 0.756. The van der Waals surface area contributed by atoms with Crippen LogP contribution in [0.2, 0.25) is 0 Å². The average molecular weight is 446 g/mol. The van der Waals surface area contributed by atoms with Gasteiger partial charge in [-0.1, -0.05) is 30.3 Å². The van der Waals surface area contributed by atoms with Crippen LogP contribution in [-0.4, -0.2) is 53.5 Å². The second-order valence-corrected chi connectivity index (χ2v) is 8.67. The van der Waals surface area contributed by atoms with E-state index >= 15 is 0 Å². The molecule has 2 aromatic carbocycles. The first-order chi connectivity index (χ1) is 15.2. The molecule has 2 aliphatic heterocycles. The number of hydrogen-bond donors (Lipinski definition) is 1. The molecule has 8 heteroatoms. The summed E-state index contributed by atoms with van der Waals surface area (Å²) in [6.45, 7) is 2.14. The van der Waals surface area contributed by atoms with Crippen molar-refractivity contribution in [3.8, 4) is 0 Å². The highest BCUT2D eigenvalue weighted by atomic mass is 19.4. The average Bonchev–Trinajstić information content (AvgIpc) is 2.76. The van der Waals surface area contributed by atoms with E-state index in [1.807, 2.05) is 7.05 Å². The summed E-state index contributed by atoms with van der Waals surface area (Å²) < 4.78 is 39.2. The maximum absolute atomic E-state index is 13.5. The van der Waals surface area contributed by atoms with Gasteiger partial charge in [0.1, 0.15) is 5.92 Å². The van der Waals surface area contributed by atoms with Gasteiger partial charge in [-0.3, -0.25) is 9.59 Å². The lowest BCUT2D eigenvalue weighted by Crippen LogP contribution is -2.48. The molecule has 1 fully saturated rings. The summed E-state index contributed by atoms with van der Waals surface area (Å²) in [7, 11) is 2.03. The van der Waals surface area contributed by atoms with Gasteiger partial charge < -0.3 is 14.9 Å². The van der Waals surface area contributed by atoms with Gasteiger partial charge in [-0.05, 0) is 68.2 Å². The largest absolute Gasteiger partial charge is 0.481 e.